The molecule has 0 amide bonds. The van der Waals surface area contributed by atoms with Crippen LogP contribution in [0.15, 0.2) is 115 Å². The highest BCUT2D eigenvalue weighted by atomic mass is 16.3. The van der Waals surface area contributed by atoms with Crippen molar-refractivity contribution in [2.45, 2.75) is 25.3 Å². The second kappa shape index (κ2) is 9.04. The van der Waals surface area contributed by atoms with E-state index in [9.17, 15) is 9.90 Å². The van der Waals surface area contributed by atoms with Crippen molar-refractivity contribution in [1.82, 2.24) is 0 Å². The van der Waals surface area contributed by atoms with Gasteiger partial charge in [-0.15, -0.1) is 0 Å². The van der Waals surface area contributed by atoms with Gasteiger partial charge in [0.25, 0.3) is 0 Å². The molecule has 0 spiro atoms. The normalized spacial score (nSPS) is 16.6. The van der Waals surface area contributed by atoms with E-state index in [4.69, 9.17) is 0 Å². The van der Waals surface area contributed by atoms with Gasteiger partial charge in [0.1, 0.15) is 5.75 Å². The standard InChI is InChI=1S/C35H27NO2/c37-31-17-9-16-27-32-26-15-8-7-14-24(26)18-19-30(32)36-34(33(27)31)25-20-28(22-10-3-1-4-11-22)35(38)29(21-25)23-12-5-2-6-13-23/h1-8,10-15,18-21,34,36,38H,9,16-17H2/t34-/m1/s1. The Morgan fingerprint density at radius 1 is 0.711 bits per heavy atom. The first-order valence-corrected chi connectivity index (χ1v) is 13.2. The number of allylic oxidation sites excluding steroid dienone is 1. The first kappa shape index (κ1) is 22.6. The predicted molar refractivity (Wildman–Crippen MR) is 155 cm³/mol. The van der Waals surface area contributed by atoms with E-state index in [1.54, 1.807) is 0 Å². The summed E-state index contributed by atoms with van der Waals surface area (Å²) < 4.78 is 0. The van der Waals surface area contributed by atoms with E-state index < -0.39 is 0 Å². The minimum absolute atomic E-state index is 0.206. The van der Waals surface area contributed by atoms with Crippen LogP contribution in [0.3, 0.4) is 0 Å². The molecule has 0 fully saturated rings. The Morgan fingerprint density at radius 3 is 2.03 bits per heavy atom. The van der Waals surface area contributed by atoms with Gasteiger partial charge in [-0.25, -0.2) is 0 Å². The number of ketones is 1. The number of carbonyl (C=O) groups is 1. The molecule has 1 aliphatic heterocycles. The zero-order valence-corrected chi connectivity index (χ0v) is 20.9. The lowest BCUT2D eigenvalue weighted by Gasteiger charge is -2.35. The number of hydrogen-bond donors (Lipinski definition) is 2. The van der Waals surface area contributed by atoms with E-state index in [0.29, 0.717) is 6.42 Å². The molecule has 0 bridgehead atoms. The number of phenols is 1. The maximum atomic E-state index is 13.6. The Balaban J connectivity index is 1.48. The summed E-state index contributed by atoms with van der Waals surface area (Å²) in [6.45, 7) is 0. The minimum Gasteiger partial charge on any atom is -0.507 e. The van der Waals surface area contributed by atoms with E-state index >= 15 is 0 Å². The van der Waals surface area contributed by atoms with Crippen molar-refractivity contribution in [3.8, 4) is 28.0 Å². The van der Waals surface area contributed by atoms with Crippen LogP contribution in [0, 0.1) is 0 Å². The Morgan fingerprint density at radius 2 is 1.34 bits per heavy atom. The Bertz CT molecular complexity index is 1670. The van der Waals surface area contributed by atoms with Crippen LogP contribution in [-0.2, 0) is 4.79 Å². The molecule has 1 aliphatic carbocycles. The largest absolute Gasteiger partial charge is 0.507 e. The smallest absolute Gasteiger partial charge is 0.161 e. The number of carbonyl (C=O) groups excluding carboxylic acids is 1. The second-order valence-corrected chi connectivity index (χ2v) is 10.2. The average Bonchev–Trinajstić information content (AvgIpc) is 2.97. The highest BCUT2D eigenvalue weighted by molar-refractivity contribution is 6.12. The number of benzene rings is 5. The molecule has 1 heterocycles. The summed E-state index contributed by atoms with van der Waals surface area (Å²) in [6, 6.07) is 36.4. The van der Waals surface area contributed by atoms with Gasteiger partial charge in [-0.3, -0.25) is 4.79 Å². The number of nitrogens with one attached hydrogen (secondary N) is 1. The molecule has 38 heavy (non-hydrogen) atoms. The van der Waals surface area contributed by atoms with Gasteiger partial charge < -0.3 is 10.4 Å². The molecular weight excluding hydrogens is 466 g/mol. The van der Waals surface area contributed by atoms with E-state index in [1.165, 1.54) is 10.8 Å². The van der Waals surface area contributed by atoms with E-state index in [0.717, 1.165) is 63.1 Å². The monoisotopic (exact) mass is 493 g/mol. The molecule has 0 saturated heterocycles. The lowest BCUT2D eigenvalue weighted by Crippen LogP contribution is -2.27. The van der Waals surface area contributed by atoms with Gasteiger partial charge in [0, 0.05) is 34.4 Å². The van der Waals surface area contributed by atoms with E-state index in [-0.39, 0.29) is 17.6 Å². The zero-order valence-electron chi connectivity index (χ0n) is 20.9. The maximum Gasteiger partial charge on any atom is 0.161 e. The third-order valence-corrected chi connectivity index (χ3v) is 7.91. The SMILES string of the molecule is O=C1CCCC2=C1[C@@H](c1cc(-c3ccccc3)c(O)c(-c3ccccc3)c1)Nc1ccc3ccccc3c12. The molecule has 0 saturated carbocycles. The van der Waals surface area contributed by atoms with Crippen LogP contribution in [0.5, 0.6) is 5.75 Å². The number of fused-ring (bicyclic) bond motifs is 4. The summed E-state index contributed by atoms with van der Waals surface area (Å²) in [5.74, 6) is 0.454. The molecule has 184 valence electrons. The summed E-state index contributed by atoms with van der Waals surface area (Å²) in [7, 11) is 0. The quantitative estimate of drug-likeness (QED) is 0.265. The maximum absolute atomic E-state index is 13.6. The molecule has 1 atom stereocenters. The molecule has 3 nitrogen and oxygen atoms in total. The summed E-state index contributed by atoms with van der Waals surface area (Å²) in [6.07, 6.45) is 2.31. The molecule has 0 aromatic heterocycles. The molecule has 2 aliphatic rings. The van der Waals surface area contributed by atoms with Gasteiger partial charge in [0.15, 0.2) is 5.78 Å². The van der Waals surface area contributed by atoms with Crippen molar-refractivity contribution < 1.29 is 9.90 Å². The molecular formula is C35H27NO2. The number of aromatic hydroxyl groups is 1. The summed E-state index contributed by atoms with van der Waals surface area (Å²) >= 11 is 0. The van der Waals surface area contributed by atoms with E-state index in [1.807, 2.05) is 72.8 Å². The Hall–Kier alpha value is -4.63. The van der Waals surface area contributed by atoms with Crippen LogP contribution < -0.4 is 5.32 Å². The number of phenolic OH excluding ortho intramolecular Hbond substituents is 1. The highest BCUT2D eigenvalue weighted by Gasteiger charge is 2.35. The minimum atomic E-state index is -0.294. The Kier molecular flexibility index (Phi) is 5.36. The van der Waals surface area contributed by atoms with Gasteiger partial charge in [-0.2, -0.15) is 0 Å². The number of rotatable bonds is 3. The van der Waals surface area contributed by atoms with Crippen molar-refractivity contribution in [3.05, 3.63) is 126 Å². The van der Waals surface area contributed by atoms with Crippen molar-refractivity contribution >= 4 is 27.8 Å². The summed E-state index contributed by atoms with van der Waals surface area (Å²) in [5, 5.41) is 17.6. The lowest BCUT2D eigenvalue weighted by molar-refractivity contribution is -0.116. The van der Waals surface area contributed by atoms with Crippen LogP contribution in [0.1, 0.15) is 36.4 Å². The topological polar surface area (TPSA) is 49.3 Å². The summed E-state index contributed by atoms with van der Waals surface area (Å²) in [5.41, 5.74) is 8.62. The average molecular weight is 494 g/mol. The predicted octanol–water partition coefficient (Wildman–Crippen LogP) is 8.55. The first-order valence-electron chi connectivity index (χ1n) is 13.2. The van der Waals surface area contributed by atoms with Crippen LogP contribution in [0.25, 0.3) is 38.6 Å². The summed E-state index contributed by atoms with van der Waals surface area (Å²) in [4.78, 5) is 13.6. The number of anilines is 1. The number of Topliss-reactive ketones (excluding diaryl/α,β-unsaturated/α-hetero) is 1. The van der Waals surface area contributed by atoms with Crippen molar-refractivity contribution in [3.63, 3.8) is 0 Å². The molecule has 0 radical (unpaired) electrons. The van der Waals surface area contributed by atoms with Gasteiger partial charge in [0.2, 0.25) is 0 Å². The van der Waals surface area contributed by atoms with Crippen molar-refractivity contribution in [2.24, 2.45) is 0 Å². The van der Waals surface area contributed by atoms with Crippen LogP contribution in [-0.4, -0.2) is 10.9 Å². The van der Waals surface area contributed by atoms with Gasteiger partial charge in [-0.1, -0.05) is 91.0 Å². The first-order chi connectivity index (χ1) is 18.7. The fraction of sp³-hybridized carbons (Fsp3) is 0.114. The molecule has 5 aromatic rings. The fourth-order valence-corrected chi connectivity index (χ4v) is 6.15. The van der Waals surface area contributed by atoms with E-state index in [2.05, 4.69) is 41.7 Å². The molecule has 3 heteroatoms. The molecule has 0 unspecified atom stereocenters. The third-order valence-electron chi connectivity index (χ3n) is 7.91. The van der Waals surface area contributed by atoms with Crippen LogP contribution in [0.4, 0.5) is 5.69 Å². The fourth-order valence-electron chi connectivity index (χ4n) is 6.15. The van der Waals surface area contributed by atoms with Gasteiger partial charge >= 0.3 is 0 Å². The Labute approximate surface area is 222 Å². The number of hydrogen-bond acceptors (Lipinski definition) is 3. The van der Waals surface area contributed by atoms with Gasteiger partial charge in [-0.05, 0) is 64.1 Å². The van der Waals surface area contributed by atoms with Crippen LogP contribution >= 0.6 is 0 Å². The molecule has 2 N–H and O–H groups in total. The van der Waals surface area contributed by atoms with Gasteiger partial charge in [0.05, 0.1) is 6.04 Å². The third kappa shape index (κ3) is 3.62. The van der Waals surface area contributed by atoms with Crippen molar-refractivity contribution in [2.75, 3.05) is 5.32 Å². The molecule has 5 aromatic carbocycles. The zero-order chi connectivity index (χ0) is 25.6. The van der Waals surface area contributed by atoms with Crippen molar-refractivity contribution in [1.29, 1.82) is 0 Å². The highest BCUT2D eigenvalue weighted by Crippen LogP contribution is 2.50. The van der Waals surface area contributed by atoms with Crippen LogP contribution in [0.2, 0.25) is 0 Å². The lowest BCUT2D eigenvalue weighted by atomic mass is 9.76. The molecule has 7 rings (SSSR count). The second-order valence-electron chi connectivity index (χ2n) is 10.2.